The maximum absolute atomic E-state index is 13.9. The van der Waals surface area contributed by atoms with Crippen molar-refractivity contribution in [1.29, 1.82) is 0 Å². The second kappa shape index (κ2) is 5.06. The van der Waals surface area contributed by atoms with Gasteiger partial charge in [-0.1, -0.05) is 0 Å². The fourth-order valence-electron chi connectivity index (χ4n) is 2.90. The Balaban J connectivity index is 2.13. The van der Waals surface area contributed by atoms with Crippen molar-refractivity contribution in [2.24, 2.45) is 0 Å². The smallest absolute Gasteiger partial charge is 0.178 e. The van der Waals surface area contributed by atoms with Crippen LogP contribution in [0.3, 0.4) is 0 Å². The molecule has 0 bridgehead atoms. The molecule has 3 rings (SSSR count). The minimum Gasteiger partial charge on any atom is -0.375 e. The van der Waals surface area contributed by atoms with Crippen LogP contribution in [0.4, 0.5) is 4.39 Å². The molecule has 0 aliphatic carbocycles. The van der Waals surface area contributed by atoms with Gasteiger partial charge in [0.05, 0.1) is 20.2 Å². The Morgan fingerprint density at radius 2 is 2.25 bits per heavy atom. The van der Waals surface area contributed by atoms with Gasteiger partial charge in [0.15, 0.2) is 4.77 Å². The van der Waals surface area contributed by atoms with Crippen LogP contribution >= 0.6 is 34.8 Å². The van der Waals surface area contributed by atoms with Crippen LogP contribution in [-0.4, -0.2) is 21.8 Å². The molecule has 1 unspecified atom stereocenters. The summed E-state index contributed by atoms with van der Waals surface area (Å²) in [6.07, 6.45) is 1.78. The molecular formula is C14H16FIN2OS. The molecular weight excluding hydrogens is 390 g/mol. The van der Waals surface area contributed by atoms with E-state index in [0.717, 1.165) is 23.9 Å². The Labute approximate surface area is 135 Å². The van der Waals surface area contributed by atoms with Crippen molar-refractivity contribution in [2.75, 3.05) is 6.61 Å². The van der Waals surface area contributed by atoms with Crippen molar-refractivity contribution in [3.8, 4) is 0 Å². The van der Waals surface area contributed by atoms with E-state index >= 15 is 0 Å². The average Bonchev–Trinajstić information content (AvgIpc) is 2.64. The summed E-state index contributed by atoms with van der Waals surface area (Å²) < 4.78 is 22.9. The predicted molar refractivity (Wildman–Crippen MR) is 88.1 cm³/mol. The number of aromatic nitrogens is 2. The molecule has 1 aliphatic heterocycles. The lowest BCUT2D eigenvalue weighted by Crippen LogP contribution is -2.35. The highest BCUT2D eigenvalue weighted by atomic mass is 127. The third-order valence-corrected chi connectivity index (χ3v) is 4.92. The molecule has 1 fully saturated rings. The largest absolute Gasteiger partial charge is 0.375 e. The van der Waals surface area contributed by atoms with E-state index in [1.165, 1.54) is 0 Å². The highest BCUT2D eigenvalue weighted by Crippen LogP contribution is 2.34. The monoisotopic (exact) mass is 406 g/mol. The highest BCUT2D eigenvalue weighted by Gasteiger charge is 2.31. The van der Waals surface area contributed by atoms with Crippen LogP contribution in [0, 0.1) is 14.2 Å². The maximum Gasteiger partial charge on any atom is 0.178 e. The summed E-state index contributed by atoms with van der Waals surface area (Å²) in [6.45, 7) is 4.88. The SMILES string of the molecule is CC1(C)CC(n2c(=S)[nH]c3cc(I)c(F)cc32)CCO1. The maximum atomic E-state index is 13.9. The van der Waals surface area contributed by atoms with Crippen LogP contribution in [0.2, 0.25) is 0 Å². The highest BCUT2D eigenvalue weighted by molar-refractivity contribution is 14.1. The summed E-state index contributed by atoms with van der Waals surface area (Å²) in [7, 11) is 0. The summed E-state index contributed by atoms with van der Waals surface area (Å²) in [5, 5.41) is 0. The second-order valence-corrected chi connectivity index (χ2v) is 7.39. The van der Waals surface area contributed by atoms with E-state index in [1.807, 2.05) is 33.2 Å². The van der Waals surface area contributed by atoms with E-state index in [9.17, 15) is 4.39 Å². The van der Waals surface area contributed by atoms with Crippen LogP contribution in [0.1, 0.15) is 32.7 Å². The minimum absolute atomic E-state index is 0.164. The van der Waals surface area contributed by atoms with Crippen LogP contribution in [0.25, 0.3) is 11.0 Å². The summed E-state index contributed by atoms with van der Waals surface area (Å²) in [4.78, 5) is 3.19. The zero-order valence-corrected chi connectivity index (χ0v) is 14.3. The molecule has 1 aromatic carbocycles. The van der Waals surface area contributed by atoms with Gasteiger partial charge in [0, 0.05) is 18.7 Å². The molecule has 2 heterocycles. The molecule has 0 radical (unpaired) electrons. The standard InChI is InChI=1S/C14H16FIN2OS/c1-14(2)7-8(3-4-19-14)18-12-5-9(15)10(16)6-11(12)17-13(18)20/h5-6,8H,3-4,7H2,1-2H3,(H,17,20). The Kier molecular flexibility index (Phi) is 3.66. The summed E-state index contributed by atoms with van der Waals surface area (Å²) in [5.74, 6) is -0.202. The van der Waals surface area contributed by atoms with Gasteiger partial charge in [-0.15, -0.1) is 0 Å². The van der Waals surface area contributed by atoms with Crippen LogP contribution in [0.5, 0.6) is 0 Å². The van der Waals surface area contributed by atoms with Crippen molar-refractivity contribution < 1.29 is 9.13 Å². The van der Waals surface area contributed by atoms with E-state index in [2.05, 4.69) is 18.8 Å². The molecule has 1 atom stereocenters. The molecule has 1 aromatic heterocycles. The molecule has 3 nitrogen and oxygen atoms in total. The quantitative estimate of drug-likeness (QED) is 0.556. The van der Waals surface area contributed by atoms with Crippen molar-refractivity contribution >= 4 is 45.8 Å². The van der Waals surface area contributed by atoms with E-state index in [1.54, 1.807) is 6.07 Å². The van der Waals surface area contributed by atoms with E-state index < -0.39 is 0 Å². The number of nitrogens with zero attached hydrogens (tertiary/aromatic N) is 1. The topological polar surface area (TPSA) is 29.9 Å². The average molecular weight is 406 g/mol. The van der Waals surface area contributed by atoms with Crippen molar-refractivity contribution in [2.45, 2.75) is 38.3 Å². The lowest BCUT2D eigenvalue weighted by molar-refractivity contribution is -0.0687. The number of ether oxygens (including phenoxy) is 1. The number of hydrogen-bond acceptors (Lipinski definition) is 2. The first-order chi connectivity index (χ1) is 9.37. The van der Waals surface area contributed by atoms with Gasteiger partial charge in [-0.2, -0.15) is 0 Å². The van der Waals surface area contributed by atoms with E-state index in [0.29, 0.717) is 14.9 Å². The number of rotatable bonds is 1. The molecule has 20 heavy (non-hydrogen) atoms. The van der Waals surface area contributed by atoms with Gasteiger partial charge in [0.1, 0.15) is 5.82 Å². The molecule has 1 N–H and O–H groups in total. The third-order valence-electron chi connectivity index (χ3n) is 3.79. The van der Waals surface area contributed by atoms with Gasteiger partial charge in [0.25, 0.3) is 0 Å². The molecule has 1 aliphatic rings. The number of H-pyrrole nitrogens is 1. The van der Waals surface area contributed by atoms with Crippen LogP contribution in [-0.2, 0) is 4.74 Å². The molecule has 6 heteroatoms. The van der Waals surface area contributed by atoms with Gasteiger partial charge in [0.2, 0.25) is 0 Å². The number of hydrogen-bond donors (Lipinski definition) is 1. The van der Waals surface area contributed by atoms with Crippen LogP contribution < -0.4 is 0 Å². The number of nitrogens with one attached hydrogen (secondary N) is 1. The Morgan fingerprint density at radius 1 is 1.50 bits per heavy atom. The fourth-order valence-corrected chi connectivity index (χ4v) is 3.73. The summed E-state index contributed by atoms with van der Waals surface area (Å²) >= 11 is 7.43. The third kappa shape index (κ3) is 2.53. The molecule has 0 spiro atoms. The molecule has 108 valence electrons. The molecule has 2 aromatic rings. The van der Waals surface area contributed by atoms with Crippen molar-refractivity contribution in [3.05, 3.63) is 26.3 Å². The lowest BCUT2D eigenvalue weighted by atomic mass is 9.93. The predicted octanol–water partition coefficient (Wildman–Crippen LogP) is 4.57. The first-order valence-corrected chi connectivity index (χ1v) is 8.09. The number of aromatic amines is 1. The van der Waals surface area contributed by atoms with Gasteiger partial charge in [-0.05, 0) is 67.6 Å². The normalized spacial score (nSPS) is 22.3. The zero-order chi connectivity index (χ0) is 14.5. The first kappa shape index (κ1) is 14.5. The molecule has 1 saturated heterocycles. The lowest BCUT2D eigenvalue weighted by Gasteiger charge is -2.36. The number of halogens is 2. The molecule has 0 saturated carbocycles. The molecule has 0 amide bonds. The van der Waals surface area contributed by atoms with Gasteiger partial charge < -0.3 is 14.3 Å². The second-order valence-electron chi connectivity index (χ2n) is 5.84. The van der Waals surface area contributed by atoms with Gasteiger partial charge in [-0.3, -0.25) is 0 Å². The van der Waals surface area contributed by atoms with Crippen molar-refractivity contribution in [3.63, 3.8) is 0 Å². The summed E-state index contributed by atoms with van der Waals surface area (Å²) in [5.41, 5.74) is 1.57. The zero-order valence-electron chi connectivity index (χ0n) is 11.4. The number of fused-ring (bicyclic) bond motifs is 1. The Hall–Kier alpha value is -0.470. The Morgan fingerprint density at radius 3 is 2.95 bits per heavy atom. The van der Waals surface area contributed by atoms with Crippen LogP contribution in [0.15, 0.2) is 12.1 Å². The van der Waals surface area contributed by atoms with E-state index in [4.69, 9.17) is 17.0 Å². The fraction of sp³-hybridized carbons (Fsp3) is 0.500. The number of imidazole rings is 1. The van der Waals surface area contributed by atoms with Crippen molar-refractivity contribution in [1.82, 2.24) is 9.55 Å². The first-order valence-electron chi connectivity index (χ1n) is 6.61. The summed E-state index contributed by atoms with van der Waals surface area (Å²) in [6, 6.07) is 3.63. The Bertz CT molecular complexity index is 722. The number of benzene rings is 1. The minimum atomic E-state index is -0.202. The van der Waals surface area contributed by atoms with E-state index in [-0.39, 0.29) is 17.5 Å². The van der Waals surface area contributed by atoms with Gasteiger partial charge >= 0.3 is 0 Å². The van der Waals surface area contributed by atoms with Gasteiger partial charge in [-0.25, -0.2) is 4.39 Å².